The van der Waals surface area contributed by atoms with Gasteiger partial charge in [-0.2, -0.15) is 0 Å². The van der Waals surface area contributed by atoms with Crippen molar-refractivity contribution in [2.24, 2.45) is 0 Å². The van der Waals surface area contributed by atoms with Crippen LogP contribution in [-0.4, -0.2) is 26.2 Å². The SMILES string of the molecule is COC(=O)CCCCc1sc(CCCCC(=O)OC)c(CCl)c1CCl. The van der Waals surface area contributed by atoms with Gasteiger partial charge in [-0.15, -0.1) is 34.5 Å². The third kappa shape index (κ3) is 7.55. The largest absolute Gasteiger partial charge is 0.469 e. The van der Waals surface area contributed by atoms with Gasteiger partial charge in [-0.3, -0.25) is 9.59 Å². The summed E-state index contributed by atoms with van der Waals surface area (Å²) in [6.07, 6.45) is 6.13. The van der Waals surface area contributed by atoms with Gasteiger partial charge < -0.3 is 9.47 Å². The maximum Gasteiger partial charge on any atom is 0.305 e. The lowest BCUT2D eigenvalue weighted by Crippen LogP contribution is -2.00. The first-order valence-corrected chi connectivity index (χ1v) is 10.3. The van der Waals surface area contributed by atoms with E-state index in [1.165, 1.54) is 24.0 Å². The van der Waals surface area contributed by atoms with Crippen molar-refractivity contribution in [2.45, 2.75) is 63.1 Å². The number of aryl methyl sites for hydroxylation is 2. The van der Waals surface area contributed by atoms with E-state index in [9.17, 15) is 9.59 Å². The van der Waals surface area contributed by atoms with Crippen molar-refractivity contribution >= 4 is 46.5 Å². The van der Waals surface area contributed by atoms with Crippen molar-refractivity contribution in [2.75, 3.05) is 14.2 Å². The summed E-state index contributed by atoms with van der Waals surface area (Å²) in [5.74, 6) is 0.563. The zero-order chi connectivity index (χ0) is 18.7. The van der Waals surface area contributed by atoms with Gasteiger partial charge in [0.05, 0.1) is 14.2 Å². The van der Waals surface area contributed by atoms with Crippen molar-refractivity contribution < 1.29 is 19.1 Å². The third-order valence-corrected chi connectivity index (χ3v) is 6.00. The minimum absolute atomic E-state index is 0.170. The standard InChI is InChI=1S/C18H26Cl2O4S/c1-23-17(21)9-5-3-7-15-13(11-19)14(12-20)16(25-15)8-4-6-10-18(22)24-2/h3-12H2,1-2H3. The second kappa shape index (κ2) is 12.6. The molecular weight excluding hydrogens is 383 g/mol. The van der Waals surface area contributed by atoms with Crippen LogP contribution in [0.25, 0.3) is 0 Å². The topological polar surface area (TPSA) is 52.6 Å². The van der Waals surface area contributed by atoms with Gasteiger partial charge in [0.1, 0.15) is 0 Å². The predicted molar refractivity (Wildman–Crippen MR) is 103 cm³/mol. The summed E-state index contributed by atoms with van der Waals surface area (Å²) in [5.41, 5.74) is 2.28. The molecule has 1 heterocycles. The van der Waals surface area contributed by atoms with E-state index in [1.54, 1.807) is 11.3 Å². The number of carbonyl (C=O) groups is 2. The van der Waals surface area contributed by atoms with Crippen LogP contribution in [0.2, 0.25) is 0 Å². The lowest BCUT2D eigenvalue weighted by Gasteiger charge is -2.04. The molecule has 0 unspecified atom stereocenters. The van der Waals surface area contributed by atoms with E-state index in [4.69, 9.17) is 23.2 Å². The maximum atomic E-state index is 11.2. The van der Waals surface area contributed by atoms with Crippen LogP contribution in [0, 0.1) is 0 Å². The summed E-state index contributed by atoms with van der Waals surface area (Å²) in [6.45, 7) is 0. The Morgan fingerprint density at radius 2 is 1.20 bits per heavy atom. The van der Waals surface area contributed by atoms with Crippen LogP contribution in [0.1, 0.15) is 59.4 Å². The van der Waals surface area contributed by atoms with Crippen molar-refractivity contribution in [3.05, 3.63) is 20.9 Å². The highest BCUT2D eigenvalue weighted by Crippen LogP contribution is 2.34. The third-order valence-electron chi connectivity index (χ3n) is 4.08. The molecule has 0 radical (unpaired) electrons. The van der Waals surface area contributed by atoms with Crippen LogP contribution in [0.3, 0.4) is 0 Å². The molecule has 0 aliphatic carbocycles. The number of hydrogen-bond donors (Lipinski definition) is 0. The Morgan fingerprint density at radius 3 is 1.52 bits per heavy atom. The van der Waals surface area contributed by atoms with Crippen LogP contribution in [0.4, 0.5) is 0 Å². The number of halogens is 2. The molecule has 0 fully saturated rings. The van der Waals surface area contributed by atoms with E-state index in [1.807, 2.05) is 0 Å². The van der Waals surface area contributed by atoms with E-state index in [0.717, 1.165) is 49.7 Å². The first-order chi connectivity index (χ1) is 12.1. The number of ether oxygens (including phenoxy) is 2. The van der Waals surface area contributed by atoms with Gasteiger partial charge >= 0.3 is 11.9 Å². The quantitative estimate of drug-likeness (QED) is 0.277. The Kier molecular flexibility index (Phi) is 11.2. The summed E-state index contributed by atoms with van der Waals surface area (Å²) >= 11 is 14.1. The molecule has 0 N–H and O–H groups in total. The van der Waals surface area contributed by atoms with Crippen molar-refractivity contribution in [1.29, 1.82) is 0 Å². The number of thiophene rings is 1. The molecule has 0 bridgehead atoms. The first-order valence-electron chi connectivity index (χ1n) is 8.45. The molecule has 1 rings (SSSR count). The Labute approximate surface area is 163 Å². The smallest absolute Gasteiger partial charge is 0.305 e. The highest BCUT2D eigenvalue weighted by atomic mass is 35.5. The molecular formula is C18H26Cl2O4S. The minimum Gasteiger partial charge on any atom is -0.469 e. The highest BCUT2D eigenvalue weighted by Gasteiger charge is 2.16. The molecule has 0 saturated heterocycles. The Balaban J connectivity index is 2.61. The first kappa shape index (κ1) is 22.3. The number of methoxy groups -OCH3 is 2. The van der Waals surface area contributed by atoms with E-state index >= 15 is 0 Å². The molecule has 0 aromatic carbocycles. The zero-order valence-electron chi connectivity index (χ0n) is 14.9. The normalized spacial score (nSPS) is 10.7. The average molecular weight is 409 g/mol. The molecule has 0 spiro atoms. The van der Waals surface area contributed by atoms with Gasteiger partial charge in [0.15, 0.2) is 0 Å². The molecule has 0 aliphatic heterocycles. The van der Waals surface area contributed by atoms with Crippen LogP contribution in [-0.2, 0) is 43.7 Å². The van der Waals surface area contributed by atoms with Gasteiger partial charge in [0, 0.05) is 34.4 Å². The summed E-state index contributed by atoms with van der Waals surface area (Å²) in [6, 6.07) is 0. The van der Waals surface area contributed by atoms with E-state index in [-0.39, 0.29) is 11.9 Å². The molecule has 0 aliphatic rings. The molecule has 25 heavy (non-hydrogen) atoms. The fourth-order valence-electron chi connectivity index (χ4n) is 2.64. The number of alkyl halides is 2. The fourth-order valence-corrected chi connectivity index (χ4v) is 4.87. The Morgan fingerprint density at radius 1 is 0.800 bits per heavy atom. The molecule has 1 aromatic heterocycles. The van der Waals surface area contributed by atoms with Gasteiger partial charge in [-0.05, 0) is 49.7 Å². The van der Waals surface area contributed by atoms with Gasteiger partial charge in [0.2, 0.25) is 0 Å². The van der Waals surface area contributed by atoms with E-state index in [2.05, 4.69) is 9.47 Å². The van der Waals surface area contributed by atoms with Gasteiger partial charge in [-0.1, -0.05) is 0 Å². The molecule has 4 nitrogen and oxygen atoms in total. The minimum atomic E-state index is -0.170. The van der Waals surface area contributed by atoms with Gasteiger partial charge in [-0.25, -0.2) is 0 Å². The number of carbonyl (C=O) groups excluding carboxylic acids is 2. The number of unbranched alkanes of at least 4 members (excludes halogenated alkanes) is 2. The van der Waals surface area contributed by atoms with E-state index < -0.39 is 0 Å². The highest BCUT2D eigenvalue weighted by molar-refractivity contribution is 7.12. The molecule has 0 saturated carbocycles. The second-order valence-electron chi connectivity index (χ2n) is 5.74. The van der Waals surface area contributed by atoms with Crippen molar-refractivity contribution in [1.82, 2.24) is 0 Å². The monoisotopic (exact) mass is 408 g/mol. The molecule has 142 valence electrons. The Bertz CT molecular complexity index is 511. The number of esters is 2. The van der Waals surface area contributed by atoms with Crippen molar-refractivity contribution in [3.63, 3.8) is 0 Å². The van der Waals surface area contributed by atoms with Gasteiger partial charge in [0.25, 0.3) is 0 Å². The molecule has 1 aromatic rings. The van der Waals surface area contributed by atoms with Crippen LogP contribution in [0.5, 0.6) is 0 Å². The molecule has 0 atom stereocenters. The molecule has 7 heteroatoms. The summed E-state index contributed by atoms with van der Waals surface area (Å²) in [4.78, 5) is 24.9. The zero-order valence-corrected chi connectivity index (χ0v) is 17.2. The lowest BCUT2D eigenvalue weighted by molar-refractivity contribution is -0.141. The fraction of sp³-hybridized carbons (Fsp3) is 0.667. The summed E-state index contributed by atoms with van der Waals surface area (Å²) in [7, 11) is 2.82. The predicted octanol–water partition coefficient (Wildman–Crippen LogP) is 5.00. The summed E-state index contributed by atoms with van der Waals surface area (Å²) in [5, 5.41) is 0. The average Bonchev–Trinajstić information content (AvgIpc) is 2.98. The van der Waals surface area contributed by atoms with E-state index in [0.29, 0.717) is 24.6 Å². The second-order valence-corrected chi connectivity index (χ2v) is 7.46. The lowest BCUT2D eigenvalue weighted by atomic mass is 10.0. The number of hydrogen-bond acceptors (Lipinski definition) is 5. The molecule has 0 amide bonds. The maximum absolute atomic E-state index is 11.2. The van der Waals surface area contributed by atoms with Crippen LogP contribution >= 0.6 is 34.5 Å². The van der Waals surface area contributed by atoms with Crippen LogP contribution in [0.15, 0.2) is 0 Å². The number of rotatable bonds is 12. The van der Waals surface area contributed by atoms with Crippen molar-refractivity contribution in [3.8, 4) is 0 Å². The Hall–Kier alpha value is -0.780. The van der Waals surface area contributed by atoms with Crippen LogP contribution < -0.4 is 0 Å². The summed E-state index contributed by atoms with van der Waals surface area (Å²) < 4.78 is 9.32.